The number of aromatic nitrogens is 1. The zero-order chi connectivity index (χ0) is 27.9. The lowest BCUT2D eigenvalue weighted by atomic mass is 9.83. The van der Waals surface area contributed by atoms with Crippen molar-refractivity contribution in [2.45, 2.75) is 57.9 Å². The molecular weight excluding hydrogens is 504 g/mol. The number of benzene rings is 1. The maximum Gasteiger partial charge on any atom is 0.308 e. The number of aryl methyl sites for hydroxylation is 2. The average Bonchev–Trinajstić information content (AvgIpc) is 3.65. The van der Waals surface area contributed by atoms with Crippen molar-refractivity contribution in [3.05, 3.63) is 35.5 Å². The van der Waals surface area contributed by atoms with Gasteiger partial charge in [-0.25, -0.2) is 4.98 Å². The van der Waals surface area contributed by atoms with E-state index in [4.69, 9.17) is 24.4 Å². The molecule has 214 valence electrons. The van der Waals surface area contributed by atoms with E-state index in [1.807, 2.05) is 28.9 Å². The van der Waals surface area contributed by atoms with Gasteiger partial charge in [0.15, 0.2) is 17.4 Å². The van der Waals surface area contributed by atoms with Gasteiger partial charge in [0, 0.05) is 38.0 Å². The molecule has 2 aliphatic heterocycles. The molecule has 0 spiro atoms. The van der Waals surface area contributed by atoms with E-state index in [0.717, 1.165) is 24.8 Å². The number of ether oxygens (including phenoxy) is 3. The van der Waals surface area contributed by atoms with E-state index < -0.39 is 17.9 Å². The van der Waals surface area contributed by atoms with Gasteiger partial charge in [-0.05, 0) is 50.4 Å². The number of oxazole rings is 1. The number of unbranched alkanes of at least 4 members (excludes halogenated alkanes) is 1. The largest absolute Gasteiger partial charge is 0.493 e. The molecule has 0 saturated carbocycles. The lowest BCUT2D eigenvalue weighted by molar-refractivity contribution is -0.143. The van der Waals surface area contributed by atoms with Crippen LogP contribution in [0.5, 0.6) is 17.2 Å². The number of rotatable bonds is 14. The second kappa shape index (κ2) is 13.2. The Hall–Kier alpha value is -3.31. The number of nitrogens with zero attached hydrogens (tertiary/aromatic N) is 3. The lowest BCUT2D eigenvalue weighted by Crippen LogP contribution is -2.45. The van der Waals surface area contributed by atoms with E-state index in [2.05, 4.69) is 11.9 Å². The Kier molecular flexibility index (Phi) is 9.68. The third kappa shape index (κ3) is 6.65. The van der Waals surface area contributed by atoms with E-state index in [-0.39, 0.29) is 25.2 Å². The molecule has 39 heavy (non-hydrogen) atoms. The molecule has 1 fully saturated rings. The lowest BCUT2D eigenvalue weighted by Gasteiger charge is -2.29. The molecule has 11 nitrogen and oxygen atoms in total. The van der Waals surface area contributed by atoms with Gasteiger partial charge in [-0.15, -0.1) is 0 Å². The van der Waals surface area contributed by atoms with Gasteiger partial charge in [0.25, 0.3) is 0 Å². The van der Waals surface area contributed by atoms with Crippen molar-refractivity contribution >= 4 is 11.9 Å². The molecule has 1 amide bonds. The summed E-state index contributed by atoms with van der Waals surface area (Å²) in [6.45, 7) is 6.29. The molecule has 3 atom stereocenters. The van der Waals surface area contributed by atoms with Gasteiger partial charge in [-0.2, -0.15) is 0 Å². The molecule has 2 aromatic rings. The van der Waals surface area contributed by atoms with Crippen LogP contribution in [0.25, 0.3) is 0 Å². The van der Waals surface area contributed by atoms with Crippen molar-refractivity contribution in [3.63, 3.8) is 0 Å². The minimum absolute atomic E-state index is 0.0121. The zero-order valence-electron chi connectivity index (χ0n) is 23.1. The Labute approximate surface area is 229 Å². The third-order valence-corrected chi connectivity index (χ3v) is 7.57. The van der Waals surface area contributed by atoms with Crippen molar-refractivity contribution in [2.75, 3.05) is 46.6 Å². The summed E-state index contributed by atoms with van der Waals surface area (Å²) in [5.41, 5.74) is 6.51. The van der Waals surface area contributed by atoms with Gasteiger partial charge in [-0.3, -0.25) is 14.5 Å². The second-order valence-corrected chi connectivity index (χ2v) is 10.2. The number of carbonyl (C=O) groups is 2. The number of amides is 1. The molecule has 3 heterocycles. The van der Waals surface area contributed by atoms with Gasteiger partial charge in [0.1, 0.15) is 5.76 Å². The molecule has 0 bridgehead atoms. The van der Waals surface area contributed by atoms with Crippen LogP contribution in [0.1, 0.15) is 55.7 Å². The maximum absolute atomic E-state index is 13.5. The van der Waals surface area contributed by atoms with Crippen LogP contribution in [-0.2, 0) is 16.0 Å². The first-order valence-electron chi connectivity index (χ1n) is 13.7. The number of carbonyl (C=O) groups excluding carboxylic acids is 1. The Balaban J connectivity index is 1.63. The molecule has 1 aromatic carbocycles. The van der Waals surface area contributed by atoms with Gasteiger partial charge in [0.05, 0.1) is 25.8 Å². The highest BCUT2D eigenvalue weighted by Crippen LogP contribution is 2.47. The zero-order valence-corrected chi connectivity index (χ0v) is 23.1. The van der Waals surface area contributed by atoms with Crippen LogP contribution < -0.4 is 19.9 Å². The first kappa shape index (κ1) is 28.7. The van der Waals surface area contributed by atoms with Gasteiger partial charge in [-0.1, -0.05) is 13.3 Å². The highest BCUT2D eigenvalue weighted by molar-refractivity contribution is 5.79. The van der Waals surface area contributed by atoms with Crippen molar-refractivity contribution in [1.82, 2.24) is 14.8 Å². The SMILES string of the molecule is CCCCN(CCCN)C(=O)CN1C[C@H](c2cc(OC)c3c(c2)OCO3)[C@@H](C(=O)O)[C@@H]1CCc1ncc(C)o1. The van der Waals surface area contributed by atoms with E-state index >= 15 is 0 Å². The topological polar surface area (TPSA) is 141 Å². The van der Waals surface area contributed by atoms with Crippen molar-refractivity contribution in [3.8, 4) is 17.2 Å². The minimum atomic E-state index is -0.911. The fourth-order valence-corrected chi connectivity index (χ4v) is 5.61. The summed E-state index contributed by atoms with van der Waals surface area (Å²) in [6.07, 6.45) is 5.21. The highest BCUT2D eigenvalue weighted by atomic mass is 16.7. The fraction of sp³-hybridized carbons (Fsp3) is 0.607. The average molecular weight is 545 g/mol. The van der Waals surface area contributed by atoms with E-state index in [9.17, 15) is 14.7 Å². The van der Waals surface area contributed by atoms with Crippen LogP contribution in [0.15, 0.2) is 22.7 Å². The number of nitrogens with two attached hydrogens (primary N) is 1. The van der Waals surface area contributed by atoms with Gasteiger partial charge < -0.3 is 34.4 Å². The molecule has 0 unspecified atom stereocenters. The predicted octanol–water partition coefficient (Wildman–Crippen LogP) is 2.80. The Morgan fingerprint density at radius 1 is 1.26 bits per heavy atom. The quantitative estimate of drug-likeness (QED) is 0.365. The van der Waals surface area contributed by atoms with Crippen LogP contribution in [0.2, 0.25) is 0 Å². The summed E-state index contributed by atoms with van der Waals surface area (Å²) in [7, 11) is 1.54. The summed E-state index contributed by atoms with van der Waals surface area (Å²) in [5, 5.41) is 10.5. The van der Waals surface area contributed by atoms with E-state index in [1.54, 1.807) is 13.3 Å². The monoisotopic (exact) mass is 544 g/mol. The molecule has 4 rings (SSSR count). The Morgan fingerprint density at radius 2 is 2.05 bits per heavy atom. The van der Waals surface area contributed by atoms with E-state index in [1.165, 1.54) is 0 Å². The number of fused-ring (bicyclic) bond motifs is 1. The highest BCUT2D eigenvalue weighted by Gasteiger charge is 2.47. The van der Waals surface area contributed by atoms with Crippen molar-refractivity contribution in [1.29, 1.82) is 0 Å². The molecule has 0 aliphatic carbocycles. The van der Waals surface area contributed by atoms with Crippen LogP contribution in [0, 0.1) is 12.8 Å². The molecule has 3 N–H and O–H groups in total. The van der Waals surface area contributed by atoms with Crippen molar-refractivity contribution in [2.24, 2.45) is 11.7 Å². The van der Waals surface area contributed by atoms with Crippen molar-refractivity contribution < 1.29 is 33.3 Å². The molecular formula is C28H40N4O7. The first-order chi connectivity index (χ1) is 18.9. The molecule has 1 aromatic heterocycles. The van der Waals surface area contributed by atoms with Gasteiger partial charge >= 0.3 is 5.97 Å². The number of aliphatic carboxylic acids is 1. The Morgan fingerprint density at radius 3 is 2.72 bits per heavy atom. The van der Waals surface area contributed by atoms with Crippen LogP contribution >= 0.6 is 0 Å². The summed E-state index contributed by atoms with van der Waals surface area (Å²) in [4.78, 5) is 34.5. The number of hydrogen-bond donors (Lipinski definition) is 2. The van der Waals surface area contributed by atoms with Crippen LogP contribution in [-0.4, -0.2) is 84.4 Å². The molecule has 2 aliphatic rings. The number of likely N-dealkylation sites (tertiary alicyclic amines) is 1. The number of methoxy groups -OCH3 is 1. The third-order valence-electron chi connectivity index (χ3n) is 7.57. The Bertz CT molecular complexity index is 1130. The minimum Gasteiger partial charge on any atom is -0.493 e. The standard InChI is InChI=1S/C28H40N4O7/c1-4-5-10-31(11-6-9-29)25(33)16-32-15-20(19-12-22(36-3)27-23(13-19)37-17-38-27)26(28(34)35)21(32)7-8-24-30-14-18(2)39-24/h12-14,20-21,26H,4-11,15-17,29H2,1-3H3,(H,34,35)/t20-,21+,26-/m1/s1. The summed E-state index contributed by atoms with van der Waals surface area (Å²) < 4.78 is 22.3. The molecule has 0 radical (unpaired) electrons. The number of carboxylic acid groups (broad SMARTS) is 1. The summed E-state index contributed by atoms with van der Waals surface area (Å²) in [5.74, 6) is 0.739. The van der Waals surface area contributed by atoms with E-state index in [0.29, 0.717) is 67.9 Å². The van der Waals surface area contributed by atoms with Crippen LogP contribution in [0.4, 0.5) is 0 Å². The maximum atomic E-state index is 13.5. The fourth-order valence-electron chi connectivity index (χ4n) is 5.61. The van der Waals surface area contributed by atoms with Crippen LogP contribution in [0.3, 0.4) is 0 Å². The smallest absolute Gasteiger partial charge is 0.308 e. The normalized spacial score (nSPS) is 20.4. The summed E-state index contributed by atoms with van der Waals surface area (Å²) in [6, 6.07) is 3.26. The molecule has 11 heteroatoms. The van der Waals surface area contributed by atoms with Gasteiger partial charge in [0.2, 0.25) is 18.4 Å². The number of hydrogen-bond acceptors (Lipinski definition) is 9. The second-order valence-electron chi connectivity index (χ2n) is 10.2. The summed E-state index contributed by atoms with van der Waals surface area (Å²) >= 11 is 0. The predicted molar refractivity (Wildman–Crippen MR) is 143 cm³/mol. The first-order valence-corrected chi connectivity index (χ1v) is 13.7. The number of carboxylic acids is 1. The molecule has 1 saturated heterocycles.